The van der Waals surface area contributed by atoms with Gasteiger partial charge in [-0.1, -0.05) is 24.3 Å². The molecule has 0 aromatic rings. The largest absolute Gasteiger partial charge is 0.468 e. The number of quaternary nitrogens is 1. The van der Waals surface area contributed by atoms with Crippen LogP contribution in [0, 0.1) is 12.5 Å². The van der Waals surface area contributed by atoms with Crippen molar-refractivity contribution in [1.82, 2.24) is 0 Å². The first-order chi connectivity index (χ1) is 7.22. The minimum absolute atomic E-state index is 0.468. The smallest absolute Gasteiger partial charge is 0.0538 e. The van der Waals surface area contributed by atoms with Crippen LogP contribution in [-0.2, 0) is 0 Å². The van der Waals surface area contributed by atoms with Crippen molar-refractivity contribution < 1.29 is 4.90 Å². The van der Waals surface area contributed by atoms with E-state index in [9.17, 15) is 0 Å². The van der Waals surface area contributed by atoms with Gasteiger partial charge in [0.05, 0.1) is 13.1 Å². The molecule has 1 fully saturated rings. The zero-order chi connectivity index (χ0) is 11.1. The Morgan fingerprint density at radius 2 is 1.87 bits per heavy atom. The fourth-order valence-corrected chi connectivity index (χ4v) is 2.49. The number of hydrogen-bond acceptors (Lipinski definition) is 0. The van der Waals surface area contributed by atoms with Crippen molar-refractivity contribution in [2.45, 2.75) is 39.5 Å². The van der Waals surface area contributed by atoms with E-state index in [1.807, 2.05) is 0 Å². The van der Waals surface area contributed by atoms with Gasteiger partial charge in [0.2, 0.25) is 0 Å². The minimum Gasteiger partial charge on any atom is -0.468 e. The average Bonchev–Trinajstić information content (AvgIpc) is 2.23. The fourth-order valence-electron chi connectivity index (χ4n) is 2.49. The van der Waals surface area contributed by atoms with Gasteiger partial charge in [0, 0.05) is 12.8 Å². The summed E-state index contributed by atoms with van der Waals surface area (Å²) in [6.45, 7) is 6.69. The van der Waals surface area contributed by atoms with Crippen molar-refractivity contribution in [3.05, 3.63) is 31.4 Å². The van der Waals surface area contributed by atoms with E-state index in [0.717, 1.165) is 0 Å². The molecule has 0 aromatic heterocycles. The quantitative estimate of drug-likeness (QED) is 0.533. The zero-order valence-electron chi connectivity index (χ0n) is 10.3. The first-order valence-corrected chi connectivity index (χ1v) is 6.14. The Kier molecular flexibility index (Phi) is 5.10. The minimum atomic E-state index is 0.468. The third-order valence-electron chi connectivity index (χ3n) is 3.52. The number of allylic oxidation sites excluding steroid dienone is 4. The van der Waals surface area contributed by atoms with Crippen LogP contribution in [0.25, 0.3) is 0 Å². The fraction of sp³-hybridized carbons (Fsp3) is 0.643. The second-order valence-electron chi connectivity index (χ2n) is 4.72. The Hall–Kier alpha value is -0.560. The summed E-state index contributed by atoms with van der Waals surface area (Å²) >= 11 is 0. The molecule has 0 saturated carbocycles. The van der Waals surface area contributed by atoms with Crippen LogP contribution in [0.4, 0.5) is 0 Å². The van der Waals surface area contributed by atoms with Gasteiger partial charge in [-0.3, -0.25) is 0 Å². The Balaban J connectivity index is 2.54. The Morgan fingerprint density at radius 1 is 1.20 bits per heavy atom. The highest BCUT2D eigenvalue weighted by molar-refractivity contribution is 5.00. The molecule has 1 aliphatic heterocycles. The number of nitrogens with one attached hydrogen (secondary N) is 1. The van der Waals surface area contributed by atoms with Gasteiger partial charge in [0.15, 0.2) is 0 Å². The lowest BCUT2D eigenvalue weighted by Crippen LogP contribution is -3.08. The van der Waals surface area contributed by atoms with Crippen LogP contribution >= 0.6 is 0 Å². The molecule has 0 spiro atoms. The van der Waals surface area contributed by atoms with E-state index in [0.29, 0.717) is 5.41 Å². The van der Waals surface area contributed by atoms with Crippen LogP contribution in [0.2, 0.25) is 0 Å². The molecular formula is C14H25N. The standard InChI is InChI=1S/C14H25N/c1-4-6-7-9-14(8-5-2)10-12-15(3)13-11-14/h4-6,8,15H,3,7,9-13H2,1-2H3/b6-4+,8-5+. The van der Waals surface area contributed by atoms with Crippen molar-refractivity contribution in [2.24, 2.45) is 5.41 Å². The predicted molar refractivity (Wildman–Crippen MR) is 66.6 cm³/mol. The summed E-state index contributed by atoms with van der Waals surface area (Å²) in [5, 5.41) is 0. The lowest BCUT2D eigenvalue weighted by atomic mass is 9.74. The molecule has 0 atom stereocenters. The third-order valence-corrected chi connectivity index (χ3v) is 3.52. The van der Waals surface area contributed by atoms with Crippen LogP contribution in [0.5, 0.6) is 0 Å². The van der Waals surface area contributed by atoms with Crippen molar-refractivity contribution in [3.8, 4) is 0 Å². The topological polar surface area (TPSA) is 4.44 Å². The lowest BCUT2D eigenvalue weighted by molar-refractivity contribution is -0.861. The SMILES string of the molecule is [CH2-][NH+]1CCC(/C=C/C)(CC/C=C/C)CC1. The molecule has 15 heavy (non-hydrogen) atoms. The van der Waals surface area contributed by atoms with Crippen molar-refractivity contribution in [3.63, 3.8) is 0 Å². The molecule has 86 valence electrons. The highest BCUT2D eigenvalue weighted by atomic mass is 15.1. The molecule has 0 aliphatic carbocycles. The molecule has 1 heteroatoms. The number of rotatable bonds is 4. The molecule has 1 aliphatic rings. The normalized spacial score (nSPS) is 32.9. The summed E-state index contributed by atoms with van der Waals surface area (Å²) in [6.07, 6.45) is 14.2. The highest BCUT2D eigenvalue weighted by Gasteiger charge is 2.30. The Labute approximate surface area is 94.9 Å². The monoisotopic (exact) mass is 207 g/mol. The van der Waals surface area contributed by atoms with Crippen LogP contribution in [0.1, 0.15) is 39.5 Å². The summed E-state index contributed by atoms with van der Waals surface area (Å²) in [5.41, 5.74) is 0.468. The average molecular weight is 207 g/mol. The van der Waals surface area contributed by atoms with Crippen LogP contribution in [0.15, 0.2) is 24.3 Å². The third kappa shape index (κ3) is 3.83. The summed E-state index contributed by atoms with van der Waals surface area (Å²) in [5.74, 6) is 0. The summed E-state index contributed by atoms with van der Waals surface area (Å²) in [4.78, 5) is 1.45. The molecule has 1 N–H and O–H groups in total. The van der Waals surface area contributed by atoms with Crippen LogP contribution < -0.4 is 4.90 Å². The van der Waals surface area contributed by atoms with Crippen molar-refractivity contribution in [2.75, 3.05) is 13.1 Å². The van der Waals surface area contributed by atoms with Gasteiger partial charge in [-0.15, -0.1) is 0 Å². The molecule has 0 aromatic carbocycles. The van der Waals surface area contributed by atoms with Gasteiger partial charge >= 0.3 is 0 Å². The number of likely N-dealkylation sites (tertiary alicyclic amines) is 1. The first-order valence-electron chi connectivity index (χ1n) is 6.14. The predicted octanol–water partition coefficient (Wildman–Crippen LogP) is 2.38. The molecule has 1 rings (SSSR count). The van der Waals surface area contributed by atoms with E-state index in [4.69, 9.17) is 0 Å². The summed E-state index contributed by atoms with van der Waals surface area (Å²) in [7, 11) is 4.10. The highest BCUT2D eigenvalue weighted by Crippen LogP contribution is 2.34. The van der Waals surface area contributed by atoms with Gasteiger partial charge < -0.3 is 4.90 Å². The molecule has 0 unspecified atom stereocenters. The molecule has 0 radical (unpaired) electrons. The van der Waals surface area contributed by atoms with Crippen LogP contribution in [0.3, 0.4) is 0 Å². The van der Waals surface area contributed by atoms with E-state index >= 15 is 0 Å². The van der Waals surface area contributed by atoms with Crippen molar-refractivity contribution >= 4 is 0 Å². The van der Waals surface area contributed by atoms with Crippen LogP contribution in [-0.4, -0.2) is 13.1 Å². The van der Waals surface area contributed by atoms with Gasteiger partial charge in [-0.05, 0) is 32.1 Å². The second kappa shape index (κ2) is 6.12. The zero-order valence-corrected chi connectivity index (χ0v) is 10.3. The summed E-state index contributed by atoms with van der Waals surface area (Å²) < 4.78 is 0. The van der Waals surface area contributed by atoms with Gasteiger partial charge in [-0.25, -0.2) is 0 Å². The maximum atomic E-state index is 4.10. The Bertz CT molecular complexity index is 219. The maximum absolute atomic E-state index is 4.10. The molecule has 1 heterocycles. The molecule has 0 amide bonds. The molecule has 1 saturated heterocycles. The maximum Gasteiger partial charge on any atom is 0.0538 e. The molecular weight excluding hydrogens is 182 g/mol. The Morgan fingerprint density at radius 3 is 2.40 bits per heavy atom. The molecule has 0 bridgehead atoms. The molecule has 1 nitrogen and oxygen atoms in total. The lowest BCUT2D eigenvalue weighted by Gasteiger charge is -2.39. The number of hydrogen-bond donors (Lipinski definition) is 1. The van der Waals surface area contributed by atoms with Crippen molar-refractivity contribution in [1.29, 1.82) is 0 Å². The van der Waals surface area contributed by atoms with E-state index in [1.54, 1.807) is 0 Å². The summed E-state index contributed by atoms with van der Waals surface area (Å²) in [6, 6.07) is 0. The first kappa shape index (κ1) is 12.5. The second-order valence-corrected chi connectivity index (χ2v) is 4.72. The van der Waals surface area contributed by atoms with E-state index in [2.05, 4.69) is 45.2 Å². The van der Waals surface area contributed by atoms with E-state index in [-0.39, 0.29) is 0 Å². The van der Waals surface area contributed by atoms with Gasteiger partial charge in [0.25, 0.3) is 0 Å². The van der Waals surface area contributed by atoms with Gasteiger partial charge in [-0.2, -0.15) is 7.05 Å². The number of piperidine rings is 1. The van der Waals surface area contributed by atoms with Gasteiger partial charge in [0.1, 0.15) is 0 Å². The van der Waals surface area contributed by atoms with E-state index in [1.165, 1.54) is 43.7 Å². The van der Waals surface area contributed by atoms with E-state index < -0.39 is 0 Å².